The van der Waals surface area contributed by atoms with Crippen molar-refractivity contribution in [2.45, 2.75) is 13.8 Å². The van der Waals surface area contributed by atoms with Crippen molar-refractivity contribution in [3.63, 3.8) is 0 Å². The second-order valence-corrected chi connectivity index (χ2v) is 4.80. The molecule has 0 bridgehead atoms. The van der Waals surface area contributed by atoms with Gasteiger partial charge in [0.1, 0.15) is 5.00 Å². The van der Waals surface area contributed by atoms with Crippen LogP contribution < -0.4 is 16.8 Å². The first-order chi connectivity index (χ1) is 7.84. The maximum Gasteiger partial charge on any atom is 0.253 e. The largest absolute Gasteiger partial charge is 0.397 e. The highest BCUT2D eigenvalue weighted by Crippen LogP contribution is 2.35. The van der Waals surface area contributed by atoms with Crippen LogP contribution in [-0.4, -0.2) is 18.2 Å². The number of amides is 1. The van der Waals surface area contributed by atoms with Crippen LogP contribution in [-0.2, 0) is 0 Å². The fraction of sp³-hybridized carbons (Fsp3) is 0.273. The van der Waals surface area contributed by atoms with Crippen molar-refractivity contribution >= 4 is 33.7 Å². The minimum Gasteiger partial charge on any atom is -0.397 e. The summed E-state index contributed by atoms with van der Waals surface area (Å²) in [4.78, 5) is 23.0. The van der Waals surface area contributed by atoms with Gasteiger partial charge in [0.05, 0.1) is 16.1 Å². The quantitative estimate of drug-likeness (QED) is 0.548. The minimum absolute atomic E-state index is 0.152. The molecule has 0 aliphatic rings. The van der Waals surface area contributed by atoms with Gasteiger partial charge in [-0.3, -0.25) is 9.59 Å². The Labute approximate surface area is 103 Å². The van der Waals surface area contributed by atoms with Crippen molar-refractivity contribution in [3.05, 3.63) is 22.6 Å². The summed E-state index contributed by atoms with van der Waals surface area (Å²) in [6.07, 6.45) is 0. The molecule has 0 aromatic carbocycles. The van der Waals surface area contributed by atoms with E-state index in [0.29, 0.717) is 16.4 Å². The third-order valence-corrected chi connectivity index (χ3v) is 3.33. The van der Waals surface area contributed by atoms with Crippen molar-refractivity contribution in [2.75, 3.05) is 17.6 Å². The van der Waals surface area contributed by atoms with Gasteiger partial charge in [0.25, 0.3) is 5.91 Å². The van der Waals surface area contributed by atoms with Crippen LogP contribution in [0.15, 0.2) is 12.2 Å². The molecule has 0 atom stereocenters. The molecule has 1 aromatic rings. The van der Waals surface area contributed by atoms with Gasteiger partial charge in [-0.15, -0.1) is 11.3 Å². The van der Waals surface area contributed by atoms with E-state index in [4.69, 9.17) is 11.5 Å². The van der Waals surface area contributed by atoms with E-state index in [9.17, 15) is 9.59 Å². The highest BCUT2D eigenvalue weighted by Gasteiger charge is 2.21. The summed E-state index contributed by atoms with van der Waals surface area (Å²) in [5.74, 6) is -0.825. The third-order valence-electron chi connectivity index (χ3n) is 2.06. The van der Waals surface area contributed by atoms with Crippen molar-refractivity contribution in [1.29, 1.82) is 0 Å². The van der Waals surface area contributed by atoms with Crippen molar-refractivity contribution < 1.29 is 9.59 Å². The zero-order valence-corrected chi connectivity index (χ0v) is 10.6. The first-order valence-electron chi connectivity index (χ1n) is 4.95. The lowest BCUT2D eigenvalue weighted by molar-refractivity contribution is 0.100. The van der Waals surface area contributed by atoms with Crippen molar-refractivity contribution in [2.24, 2.45) is 5.73 Å². The number of nitrogen functional groups attached to an aromatic ring is 1. The number of hydrogen-bond acceptors (Lipinski definition) is 5. The third kappa shape index (κ3) is 2.85. The highest BCUT2D eigenvalue weighted by atomic mass is 32.1. The Hall–Kier alpha value is -1.82. The number of carbonyl (C=O) groups is 2. The van der Waals surface area contributed by atoms with Gasteiger partial charge in [0.2, 0.25) is 0 Å². The number of rotatable bonds is 5. The highest BCUT2D eigenvalue weighted by molar-refractivity contribution is 7.19. The summed E-state index contributed by atoms with van der Waals surface area (Å²) in [7, 11) is 0. The second-order valence-electron chi connectivity index (χ2n) is 3.78. The van der Waals surface area contributed by atoms with Gasteiger partial charge in [-0.05, 0) is 6.92 Å². The van der Waals surface area contributed by atoms with E-state index in [2.05, 4.69) is 11.9 Å². The van der Waals surface area contributed by atoms with Crippen molar-refractivity contribution in [1.82, 2.24) is 0 Å². The monoisotopic (exact) mass is 253 g/mol. The summed E-state index contributed by atoms with van der Waals surface area (Å²) in [6.45, 7) is 7.48. The van der Waals surface area contributed by atoms with Crippen LogP contribution in [0.1, 0.15) is 33.9 Å². The number of ketones is 1. The number of nitrogens with two attached hydrogens (primary N) is 2. The van der Waals surface area contributed by atoms with Crippen LogP contribution in [0.3, 0.4) is 0 Å². The second kappa shape index (κ2) is 5.01. The Bertz CT molecular complexity index is 491. The number of thiophene rings is 1. The maximum atomic E-state index is 11.3. The van der Waals surface area contributed by atoms with Gasteiger partial charge in [-0.1, -0.05) is 12.2 Å². The molecular formula is C11H15N3O2S. The molecule has 0 aliphatic heterocycles. The summed E-state index contributed by atoms with van der Waals surface area (Å²) in [5.41, 5.74) is 12.2. The van der Waals surface area contributed by atoms with E-state index in [0.717, 1.165) is 16.9 Å². The average Bonchev–Trinajstić information content (AvgIpc) is 2.52. The fourth-order valence-corrected chi connectivity index (χ4v) is 2.32. The lowest BCUT2D eigenvalue weighted by atomic mass is 10.2. The molecule has 0 saturated carbocycles. The van der Waals surface area contributed by atoms with E-state index < -0.39 is 5.91 Å². The smallest absolute Gasteiger partial charge is 0.253 e. The number of carbonyl (C=O) groups excluding carboxylic acids is 2. The molecule has 0 spiro atoms. The van der Waals surface area contributed by atoms with E-state index in [1.54, 1.807) is 0 Å². The van der Waals surface area contributed by atoms with Crippen LogP contribution in [0.4, 0.5) is 10.7 Å². The first kappa shape index (κ1) is 13.2. The van der Waals surface area contributed by atoms with Gasteiger partial charge in [0, 0.05) is 13.5 Å². The lowest BCUT2D eigenvalue weighted by Crippen LogP contribution is -2.15. The number of nitrogens with one attached hydrogen (secondary N) is 1. The summed E-state index contributed by atoms with van der Waals surface area (Å²) >= 11 is 1.14. The fourth-order valence-electron chi connectivity index (χ4n) is 1.31. The molecule has 0 fully saturated rings. The molecule has 0 saturated heterocycles. The first-order valence-corrected chi connectivity index (χ1v) is 5.77. The Kier molecular flexibility index (Phi) is 3.90. The molecule has 0 radical (unpaired) electrons. The van der Waals surface area contributed by atoms with Gasteiger partial charge >= 0.3 is 0 Å². The molecule has 0 aliphatic carbocycles. The zero-order valence-electron chi connectivity index (χ0n) is 9.79. The average molecular weight is 253 g/mol. The molecule has 5 N–H and O–H groups in total. The molecule has 92 valence electrons. The van der Waals surface area contributed by atoms with Crippen LogP contribution in [0.5, 0.6) is 0 Å². The Balaban J connectivity index is 3.19. The summed E-state index contributed by atoms with van der Waals surface area (Å²) < 4.78 is 0. The normalized spacial score (nSPS) is 10.0. The van der Waals surface area contributed by atoms with Crippen LogP contribution in [0.25, 0.3) is 0 Å². The molecule has 1 rings (SSSR count). The van der Waals surface area contributed by atoms with Crippen LogP contribution in [0.2, 0.25) is 0 Å². The van der Waals surface area contributed by atoms with E-state index >= 15 is 0 Å². The Morgan fingerprint density at radius 1 is 1.41 bits per heavy atom. The molecule has 1 heterocycles. The van der Waals surface area contributed by atoms with Gasteiger partial charge in [0.15, 0.2) is 5.78 Å². The van der Waals surface area contributed by atoms with E-state index in [1.807, 2.05) is 6.92 Å². The molecule has 0 unspecified atom stereocenters. The van der Waals surface area contributed by atoms with Crippen LogP contribution in [0, 0.1) is 0 Å². The predicted molar refractivity (Wildman–Crippen MR) is 70.6 cm³/mol. The van der Waals surface area contributed by atoms with Crippen molar-refractivity contribution in [3.8, 4) is 0 Å². The molecular weight excluding hydrogens is 238 g/mol. The number of anilines is 2. The zero-order chi connectivity index (χ0) is 13.2. The maximum absolute atomic E-state index is 11.3. The van der Waals surface area contributed by atoms with E-state index in [-0.39, 0.29) is 17.0 Å². The molecule has 1 aromatic heterocycles. The van der Waals surface area contributed by atoms with Gasteiger partial charge < -0.3 is 16.8 Å². The lowest BCUT2D eigenvalue weighted by Gasteiger charge is -2.04. The summed E-state index contributed by atoms with van der Waals surface area (Å²) in [6, 6.07) is 0. The SMILES string of the molecule is C=C(C)CNc1sc(C(C)=O)c(N)c1C(N)=O. The molecule has 6 heteroatoms. The minimum atomic E-state index is -0.643. The van der Waals surface area contributed by atoms with E-state index in [1.165, 1.54) is 6.92 Å². The number of hydrogen-bond donors (Lipinski definition) is 3. The summed E-state index contributed by atoms with van der Waals surface area (Å²) in [5, 5.41) is 3.51. The van der Waals surface area contributed by atoms with Gasteiger partial charge in [-0.25, -0.2) is 0 Å². The Morgan fingerprint density at radius 2 is 2.00 bits per heavy atom. The Morgan fingerprint density at radius 3 is 2.41 bits per heavy atom. The number of Topliss-reactive ketones (excluding diaryl/α,β-unsaturated/α-hetero) is 1. The number of primary amides is 1. The predicted octanol–water partition coefficient (Wildman–Crippen LogP) is 1.62. The van der Waals surface area contributed by atoms with Gasteiger partial charge in [-0.2, -0.15) is 0 Å². The van der Waals surface area contributed by atoms with Crippen LogP contribution >= 0.6 is 11.3 Å². The molecule has 1 amide bonds. The molecule has 17 heavy (non-hydrogen) atoms. The topological polar surface area (TPSA) is 98.2 Å². The molecule has 5 nitrogen and oxygen atoms in total. The standard InChI is InChI=1S/C11H15N3O2S/c1-5(2)4-14-11-7(10(13)16)8(12)9(17-11)6(3)15/h14H,1,4,12H2,2-3H3,(H2,13,16).